The number of carbonyl (C=O) groups excluding carboxylic acids is 3. The van der Waals surface area contributed by atoms with Gasteiger partial charge >= 0.3 is 0 Å². The van der Waals surface area contributed by atoms with Crippen LogP contribution in [0, 0.1) is 0 Å². The Labute approximate surface area is 222 Å². The van der Waals surface area contributed by atoms with Gasteiger partial charge in [0.05, 0.1) is 36.0 Å². The number of phenolic OH excluding ortho intramolecular Hbond substituents is 2. The summed E-state index contributed by atoms with van der Waals surface area (Å²) in [5.74, 6) is -4.00. The van der Waals surface area contributed by atoms with Gasteiger partial charge in [0.25, 0.3) is 0 Å². The van der Waals surface area contributed by atoms with Crippen LogP contribution in [0.15, 0.2) is 18.2 Å². The van der Waals surface area contributed by atoms with Crippen molar-refractivity contribution >= 4 is 17.3 Å². The second kappa shape index (κ2) is 9.75. The van der Waals surface area contributed by atoms with Crippen LogP contribution in [0.3, 0.4) is 0 Å². The first kappa shape index (κ1) is 27.3. The van der Waals surface area contributed by atoms with Crippen molar-refractivity contribution in [2.45, 2.75) is 69.0 Å². The van der Waals surface area contributed by atoms with Crippen LogP contribution in [0.25, 0.3) is 0 Å². The van der Waals surface area contributed by atoms with Gasteiger partial charge in [0.15, 0.2) is 23.6 Å². The number of aliphatic hydroxyl groups is 4. The molecular formula is C27H29NO11. The number of carbonyl (C=O) groups is 3. The first-order valence-corrected chi connectivity index (χ1v) is 12.5. The molecule has 39 heavy (non-hydrogen) atoms. The van der Waals surface area contributed by atoms with E-state index < -0.39 is 102 Å². The molecule has 3 aliphatic rings. The second-order valence-corrected chi connectivity index (χ2v) is 10.3. The fourth-order valence-electron chi connectivity index (χ4n) is 5.81. The van der Waals surface area contributed by atoms with Gasteiger partial charge in [-0.25, -0.2) is 0 Å². The molecule has 208 valence electrons. The summed E-state index contributed by atoms with van der Waals surface area (Å²) in [7, 11) is 0. The van der Waals surface area contributed by atoms with Gasteiger partial charge in [0.1, 0.15) is 23.7 Å². The molecule has 2 unspecified atom stereocenters. The number of ketones is 3. The molecule has 8 N–H and O–H groups in total. The normalized spacial score (nSPS) is 29.9. The highest BCUT2D eigenvalue weighted by atomic mass is 16.7. The van der Waals surface area contributed by atoms with Gasteiger partial charge in [-0.05, 0) is 12.5 Å². The zero-order valence-electron chi connectivity index (χ0n) is 21.0. The minimum atomic E-state index is -2.25. The number of hydrogen-bond donors (Lipinski definition) is 7. The Balaban J connectivity index is 1.69. The first-order chi connectivity index (χ1) is 18.4. The molecule has 2 aromatic rings. The predicted octanol–water partition coefficient (Wildman–Crippen LogP) is -0.515. The van der Waals surface area contributed by atoms with E-state index in [1.807, 2.05) is 0 Å². The molecule has 0 saturated carbocycles. The number of benzene rings is 2. The second-order valence-electron chi connectivity index (χ2n) is 10.3. The molecule has 2 aromatic carbocycles. The number of rotatable bonds is 5. The molecule has 1 saturated heterocycles. The van der Waals surface area contributed by atoms with Crippen molar-refractivity contribution in [1.82, 2.24) is 0 Å². The number of fused-ring (bicyclic) bond motifs is 3. The number of phenols is 2. The minimum absolute atomic E-state index is 0.00600. The summed E-state index contributed by atoms with van der Waals surface area (Å²) in [6, 6.07) is 3.53. The molecule has 5 rings (SSSR count). The smallest absolute Gasteiger partial charge is 0.198 e. The molecule has 1 aliphatic heterocycles. The monoisotopic (exact) mass is 543 g/mol. The van der Waals surface area contributed by atoms with Gasteiger partial charge in [-0.3, -0.25) is 14.4 Å². The lowest BCUT2D eigenvalue weighted by Crippen LogP contribution is -2.53. The van der Waals surface area contributed by atoms with Crippen LogP contribution in [0.1, 0.15) is 74.4 Å². The molecule has 6 atom stereocenters. The molecule has 1 fully saturated rings. The van der Waals surface area contributed by atoms with Gasteiger partial charge in [0.2, 0.25) is 0 Å². The SMILES string of the molecule is C[C@@H]1O[C@H](O[C@H]2C[C@](O)(C(=O)CO)Cc3c(O)c4c(c(O)c32)C(=O)c2c(CO)cccc2C4=O)CC(N)C1O. The van der Waals surface area contributed by atoms with E-state index in [2.05, 4.69) is 0 Å². The maximum atomic E-state index is 13.6. The van der Waals surface area contributed by atoms with Crippen LogP contribution in [-0.2, 0) is 27.3 Å². The van der Waals surface area contributed by atoms with E-state index in [0.717, 1.165) is 0 Å². The Hall–Kier alpha value is -3.23. The van der Waals surface area contributed by atoms with Gasteiger partial charge in [-0.2, -0.15) is 0 Å². The van der Waals surface area contributed by atoms with Crippen molar-refractivity contribution in [2.75, 3.05) is 6.61 Å². The quantitative estimate of drug-likeness (QED) is 0.202. The summed E-state index contributed by atoms with van der Waals surface area (Å²) in [4.78, 5) is 39.7. The van der Waals surface area contributed by atoms with Crippen molar-refractivity contribution in [2.24, 2.45) is 5.73 Å². The highest BCUT2D eigenvalue weighted by Crippen LogP contribution is 2.52. The fourth-order valence-corrected chi connectivity index (χ4v) is 5.81. The van der Waals surface area contributed by atoms with Crippen molar-refractivity contribution in [3.05, 3.63) is 57.1 Å². The van der Waals surface area contributed by atoms with Crippen LogP contribution in [0.4, 0.5) is 0 Å². The number of Topliss-reactive ketones (excluding diaryl/α,β-unsaturated/α-hetero) is 1. The maximum absolute atomic E-state index is 13.6. The van der Waals surface area contributed by atoms with Crippen molar-refractivity contribution < 1.29 is 54.5 Å². The van der Waals surface area contributed by atoms with Crippen LogP contribution >= 0.6 is 0 Å². The van der Waals surface area contributed by atoms with Crippen LogP contribution < -0.4 is 5.73 Å². The molecule has 12 nitrogen and oxygen atoms in total. The molecule has 12 heteroatoms. The Morgan fingerprint density at radius 2 is 1.82 bits per heavy atom. The lowest BCUT2D eigenvalue weighted by Gasteiger charge is -2.42. The molecule has 2 aliphatic carbocycles. The first-order valence-electron chi connectivity index (χ1n) is 12.5. The van der Waals surface area contributed by atoms with E-state index in [1.54, 1.807) is 6.92 Å². The zero-order chi connectivity index (χ0) is 28.4. The van der Waals surface area contributed by atoms with Crippen molar-refractivity contribution in [3.8, 4) is 11.5 Å². The van der Waals surface area contributed by atoms with Gasteiger partial charge in [-0.1, -0.05) is 18.2 Å². The topological polar surface area (TPSA) is 217 Å². The molecule has 1 heterocycles. The summed E-state index contributed by atoms with van der Waals surface area (Å²) in [6.07, 6.45) is -5.21. The Kier molecular flexibility index (Phi) is 6.84. The third kappa shape index (κ3) is 4.16. The molecule has 0 aromatic heterocycles. The molecule has 0 bridgehead atoms. The van der Waals surface area contributed by atoms with E-state index in [4.69, 9.17) is 15.2 Å². The summed E-state index contributed by atoms with van der Waals surface area (Å²) >= 11 is 0. The largest absolute Gasteiger partial charge is 0.507 e. The van der Waals surface area contributed by atoms with Gasteiger partial charge in [-0.15, -0.1) is 0 Å². The van der Waals surface area contributed by atoms with Crippen LogP contribution in [-0.4, -0.2) is 84.7 Å². The van der Waals surface area contributed by atoms with Crippen molar-refractivity contribution in [3.63, 3.8) is 0 Å². The molecule has 0 radical (unpaired) electrons. The lowest BCUT2D eigenvalue weighted by molar-refractivity contribution is -0.247. The third-order valence-electron chi connectivity index (χ3n) is 7.88. The predicted molar refractivity (Wildman–Crippen MR) is 131 cm³/mol. The standard InChI is InChI=1S/C27H29NO11/c1-10-22(32)14(28)5-17(38-10)39-15-7-27(37,16(31)9-30)6-13-19(15)26(36)21-20(24(13)34)23(33)12-4-2-3-11(8-29)18(12)25(21)35/h2-4,10,14-15,17,22,29-30,32,34,36-37H,5-9,28H2,1H3/t10-,14?,15-,17+,22?,27-/m0/s1. The molecule has 0 amide bonds. The van der Waals surface area contributed by atoms with E-state index >= 15 is 0 Å². The van der Waals surface area contributed by atoms with Crippen LogP contribution in [0.5, 0.6) is 11.5 Å². The van der Waals surface area contributed by atoms with Crippen LogP contribution in [0.2, 0.25) is 0 Å². The fraction of sp³-hybridized carbons (Fsp3) is 0.444. The van der Waals surface area contributed by atoms with E-state index in [1.165, 1.54) is 18.2 Å². The summed E-state index contributed by atoms with van der Waals surface area (Å²) in [6.45, 7) is -0.0137. The average molecular weight is 544 g/mol. The highest BCUT2D eigenvalue weighted by molar-refractivity contribution is 6.31. The maximum Gasteiger partial charge on any atom is 0.198 e. The molecular weight excluding hydrogens is 514 g/mol. The number of ether oxygens (including phenoxy) is 2. The number of aliphatic hydroxyl groups excluding tert-OH is 3. The lowest BCUT2D eigenvalue weighted by atomic mass is 9.71. The zero-order valence-corrected chi connectivity index (χ0v) is 21.0. The number of nitrogens with two attached hydrogens (primary N) is 1. The molecule has 0 spiro atoms. The minimum Gasteiger partial charge on any atom is -0.507 e. The third-order valence-corrected chi connectivity index (χ3v) is 7.88. The summed E-state index contributed by atoms with van der Waals surface area (Å²) < 4.78 is 11.7. The Bertz CT molecular complexity index is 1380. The van der Waals surface area contributed by atoms with Crippen molar-refractivity contribution in [1.29, 1.82) is 0 Å². The summed E-state index contributed by atoms with van der Waals surface area (Å²) in [5.41, 5.74) is 2.35. The van der Waals surface area contributed by atoms with Gasteiger partial charge < -0.3 is 45.8 Å². The number of hydrogen-bond acceptors (Lipinski definition) is 12. The number of aromatic hydroxyl groups is 2. The average Bonchev–Trinajstić information content (AvgIpc) is 2.90. The highest BCUT2D eigenvalue weighted by Gasteiger charge is 2.50. The Morgan fingerprint density at radius 1 is 1.13 bits per heavy atom. The van der Waals surface area contributed by atoms with Gasteiger partial charge in [0, 0.05) is 47.6 Å². The van der Waals surface area contributed by atoms with E-state index in [-0.39, 0.29) is 34.2 Å². The van der Waals surface area contributed by atoms with E-state index in [0.29, 0.717) is 0 Å². The Morgan fingerprint density at radius 3 is 2.46 bits per heavy atom. The summed E-state index contributed by atoms with van der Waals surface area (Å²) in [5, 5.41) is 63.4. The van der Waals surface area contributed by atoms with E-state index in [9.17, 15) is 45.0 Å².